The van der Waals surface area contributed by atoms with Crippen molar-refractivity contribution in [2.24, 2.45) is 0 Å². The predicted octanol–water partition coefficient (Wildman–Crippen LogP) is 3.98. The summed E-state index contributed by atoms with van der Waals surface area (Å²) in [6, 6.07) is 17.4. The highest BCUT2D eigenvalue weighted by Crippen LogP contribution is 2.37. The number of hydrogen-bond acceptors (Lipinski definition) is 6. The molecule has 2 atom stereocenters. The summed E-state index contributed by atoms with van der Waals surface area (Å²) in [6.45, 7) is 4.18. The summed E-state index contributed by atoms with van der Waals surface area (Å²) in [6.07, 6.45) is 4.27. The Balaban J connectivity index is 1.25. The number of nitriles is 1. The van der Waals surface area contributed by atoms with Crippen LogP contribution in [0.2, 0.25) is 0 Å². The van der Waals surface area contributed by atoms with E-state index in [9.17, 15) is 14.3 Å². The van der Waals surface area contributed by atoms with Crippen molar-refractivity contribution in [2.45, 2.75) is 19.1 Å². The Morgan fingerprint density at radius 1 is 1.14 bits per heavy atom. The van der Waals surface area contributed by atoms with Crippen LogP contribution in [0, 0.1) is 17.1 Å². The number of allylic oxidation sites excluding steroid dienone is 1. The molecule has 1 amide bonds. The molecule has 3 aromatic carbocycles. The van der Waals surface area contributed by atoms with Crippen molar-refractivity contribution in [3.8, 4) is 11.8 Å². The highest BCUT2D eigenvalue weighted by Gasteiger charge is 2.37. The second-order valence-electron chi connectivity index (χ2n) is 9.63. The summed E-state index contributed by atoms with van der Waals surface area (Å²) in [5.41, 5.74) is 3.59. The molecule has 8 heteroatoms. The summed E-state index contributed by atoms with van der Waals surface area (Å²) < 4.78 is 14.4. The molecule has 7 nitrogen and oxygen atoms in total. The van der Waals surface area contributed by atoms with Crippen LogP contribution in [0.15, 0.2) is 78.1 Å². The van der Waals surface area contributed by atoms with Crippen molar-refractivity contribution in [3.05, 3.63) is 95.1 Å². The number of fused-ring (bicyclic) bond motifs is 2. The summed E-state index contributed by atoms with van der Waals surface area (Å²) in [7, 11) is 0. The van der Waals surface area contributed by atoms with Gasteiger partial charge in [-0.3, -0.25) is 10.1 Å². The monoisotopic (exact) mass is 495 g/mol. The Bertz CT molecular complexity index is 1520. The Morgan fingerprint density at radius 2 is 2.00 bits per heavy atom. The third kappa shape index (κ3) is 3.98. The molecule has 0 radical (unpaired) electrons. The lowest BCUT2D eigenvalue weighted by Crippen LogP contribution is -2.50. The highest BCUT2D eigenvalue weighted by atomic mass is 19.1. The molecule has 2 fully saturated rings. The third-order valence-electron chi connectivity index (χ3n) is 7.46. The van der Waals surface area contributed by atoms with Gasteiger partial charge in [0.25, 0.3) is 0 Å². The van der Waals surface area contributed by atoms with Crippen LogP contribution in [-0.2, 0) is 4.79 Å². The first-order valence-corrected chi connectivity index (χ1v) is 12.3. The van der Waals surface area contributed by atoms with Crippen LogP contribution in [0.1, 0.15) is 24.1 Å². The third-order valence-corrected chi connectivity index (χ3v) is 7.46. The maximum absolute atomic E-state index is 14.4. The van der Waals surface area contributed by atoms with Gasteiger partial charge in [0.2, 0.25) is 5.91 Å². The molecule has 186 valence electrons. The van der Waals surface area contributed by atoms with Crippen molar-refractivity contribution < 1.29 is 14.3 Å². The molecular weight excluding hydrogens is 469 g/mol. The maximum Gasteiger partial charge on any atom is 0.246 e. The van der Waals surface area contributed by atoms with E-state index in [0.29, 0.717) is 19.6 Å². The highest BCUT2D eigenvalue weighted by molar-refractivity contribution is 6.05. The fourth-order valence-corrected chi connectivity index (χ4v) is 5.55. The standard InChI is InChI=1S/C29H26FN5O2/c1-18-32-29(20-5-6-21(16-31)25(30)13-20)27-14-22(9-10-34(18)27)33-11-12-35(28(37)17-33)26-4-2-3-19-7-8-23(36)15-24(19)26/h2-9,13-15,18,29,32,36H,10-12,17H2,1H3. The van der Waals surface area contributed by atoms with Crippen molar-refractivity contribution in [1.82, 2.24) is 15.1 Å². The molecule has 3 aliphatic heterocycles. The Hall–Kier alpha value is -4.35. The van der Waals surface area contributed by atoms with Gasteiger partial charge in [0.05, 0.1) is 30.0 Å². The molecule has 0 aliphatic carbocycles. The number of phenols is 1. The quantitative estimate of drug-likeness (QED) is 0.572. The van der Waals surface area contributed by atoms with Gasteiger partial charge in [0.1, 0.15) is 17.6 Å². The van der Waals surface area contributed by atoms with Crippen LogP contribution in [0.3, 0.4) is 0 Å². The first-order chi connectivity index (χ1) is 17.9. The summed E-state index contributed by atoms with van der Waals surface area (Å²) in [4.78, 5) is 19.4. The van der Waals surface area contributed by atoms with E-state index in [1.807, 2.05) is 30.3 Å². The SMILES string of the molecule is CC1NC(c2ccc(C#N)c(F)c2)C2=CC(N3CCN(c4cccc5ccc(O)cc45)C(=O)C3)=CCN21. The Morgan fingerprint density at radius 3 is 2.78 bits per heavy atom. The van der Waals surface area contributed by atoms with Crippen LogP contribution in [0.4, 0.5) is 10.1 Å². The number of carbonyl (C=O) groups excluding carboxylic acids is 1. The molecule has 0 bridgehead atoms. The zero-order chi connectivity index (χ0) is 25.7. The van der Waals surface area contributed by atoms with Gasteiger partial charge in [0.15, 0.2) is 0 Å². The predicted molar refractivity (Wildman–Crippen MR) is 139 cm³/mol. The first-order valence-electron chi connectivity index (χ1n) is 12.3. The number of halogens is 1. The van der Waals surface area contributed by atoms with E-state index in [-0.39, 0.29) is 36.0 Å². The minimum absolute atomic E-state index is 0.00699. The first kappa shape index (κ1) is 23.1. The van der Waals surface area contributed by atoms with E-state index < -0.39 is 5.82 Å². The number of hydrogen-bond donors (Lipinski definition) is 2. The van der Waals surface area contributed by atoms with Crippen LogP contribution in [0.5, 0.6) is 5.75 Å². The topological polar surface area (TPSA) is 82.8 Å². The number of benzene rings is 3. The number of amides is 1. The fourth-order valence-electron chi connectivity index (χ4n) is 5.55. The lowest BCUT2D eigenvalue weighted by atomic mass is 10.00. The van der Waals surface area contributed by atoms with Gasteiger partial charge >= 0.3 is 0 Å². The zero-order valence-corrected chi connectivity index (χ0v) is 20.4. The number of piperazine rings is 1. The minimum atomic E-state index is -0.524. The number of anilines is 1. The summed E-state index contributed by atoms with van der Waals surface area (Å²) in [5, 5.41) is 24.4. The number of nitrogens with one attached hydrogen (secondary N) is 1. The maximum atomic E-state index is 14.4. The summed E-state index contributed by atoms with van der Waals surface area (Å²) >= 11 is 0. The van der Waals surface area contributed by atoms with Gasteiger partial charge in [-0.05, 0) is 60.4 Å². The number of carbonyl (C=O) groups is 1. The fraction of sp³-hybridized carbons (Fsp3) is 0.241. The van der Waals surface area contributed by atoms with Crippen LogP contribution < -0.4 is 10.2 Å². The number of aromatic hydroxyl groups is 1. The average Bonchev–Trinajstić information content (AvgIpc) is 3.24. The molecular formula is C29H26FN5O2. The van der Waals surface area contributed by atoms with E-state index in [2.05, 4.69) is 34.2 Å². The van der Waals surface area contributed by atoms with Gasteiger partial charge in [-0.25, -0.2) is 4.39 Å². The minimum Gasteiger partial charge on any atom is -0.508 e. The van der Waals surface area contributed by atoms with Gasteiger partial charge < -0.3 is 19.8 Å². The number of rotatable bonds is 3. The van der Waals surface area contributed by atoms with Crippen molar-refractivity contribution in [3.63, 3.8) is 0 Å². The Labute approximate surface area is 214 Å². The largest absolute Gasteiger partial charge is 0.508 e. The normalized spacial score (nSPS) is 21.5. The van der Waals surface area contributed by atoms with E-state index in [0.717, 1.165) is 33.4 Å². The van der Waals surface area contributed by atoms with Crippen LogP contribution in [-0.4, -0.2) is 53.2 Å². The summed E-state index contributed by atoms with van der Waals surface area (Å²) in [5.74, 6) is -0.360. The molecule has 37 heavy (non-hydrogen) atoms. The molecule has 0 saturated carbocycles. The second-order valence-corrected chi connectivity index (χ2v) is 9.63. The molecule has 0 aromatic heterocycles. The molecule has 3 heterocycles. The molecule has 3 aromatic rings. The van der Waals surface area contributed by atoms with Crippen molar-refractivity contribution in [2.75, 3.05) is 31.1 Å². The van der Waals surface area contributed by atoms with E-state index >= 15 is 0 Å². The second kappa shape index (κ2) is 8.95. The zero-order valence-electron chi connectivity index (χ0n) is 20.4. The van der Waals surface area contributed by atoms with Crippen molar-refractivity contribution in [1.29, 1.82) is 5.26 Å². The molecule has 0 spiro atoms. The van der Waals surface area contributed by atoms with E-state index in [1.165, 1.54) is 12.1 Å². The lowest BCUT2D eigenvalue weighted by molar-refractivity contribution is -0.120. The van der Waals surface area contributed by atoms with Gasteiger partial charge in [-0.1, -0.05) is 24.3 Å². The lowest BCUT2D eigenvalue weighted by Gasteiger charge is -2.38. The van der Waals surface area contributed by atoms with Gasteiger partial charge in [-0.15, -0.1) is 0 Å². The van der Waals surface area contributed by atoms with Gasteiger partial charge in [0, 0.05) is 36.4 Å². The van der Waals surface area contributed by atoms with Gasteiger partial charge in [-0.2, -0.15) is 5.26 Å². The molecule has 2 N–H and O–H groups in total. The van der Waals surface area contributed by atoms with Crippen molar-refractivity contribution >= 4 is 22.4 Å². The van der Waals surface area contributed by atoms with Crippen LogP contribution >= 0.6 is 0 Å². The van der Waals surface area contributed by atoms with E-state index in [1.54, 1.807) is 23.1 Å². The smallest absolute Gasteiger partial charge is 0.246 e. The van der Waals surface area contributed by atoms with E-state index in [4.69, 9.17) is 5.26 Å². The number of nitrogens with zero attached hydrogens (tertiary/aromatic N) is 4. The number of phenolic OH excluding ortho intramolecular Hbond substituents is 1. The average molecular weight is 496 g/mol. The molecule has 2 saturated heterocycles. The van der Waals surface area contributed by atoms with Crippen LogP contribution in [0.25, 0.3) is 10.8 Å². The molecule has 2 unspecified atom stereocenters. The molecule has 6 rings (SSSR count). The molecule has 3 aliphatic rings. The Kier molecular flexibility index (Phi) is 5.58.